The van der Waals surface area contributed by atoms with Crippen LogP contribution in [0.2, 0.25) is 0 Å². The lowest BCUT2D eigenvalue weighted by atomic mass is 9.99. The van der Waals surface area contributed by atoms with Gasteiger partial charge < -0.3 is 40.1 Å². The number of hydrogen-bond acceptors (Lipinski definition) is 8. The van der Waals surface area contributed by atoms with Crippen LogP contribution in [-0.4, -0.2) is 68.0 Å². The van der Waals surface area contributed by atoms with Crippen LogP contribution in [0.3, 0.4) is 0 Å². The summed E-state index contributed by atoms with van der Waals surface area (Å²) in [4.78, 5) is 0. The van der Waals surface area contributed by atoms with E-state index in [4.69, 9.17) is 19.7 Å². The van der Waals surface area contributed by atoms with Gasteiger partial charge in [0.1, 0.15) is 30.2 Å². The molecule has 1 aromatic rings. The molecule has 0 aliphatic carbocycles. The molecule has 0 aromatic heterocycles. The fourth-order valence-electron chi connectivity index (χ4n) is 1.90. The molecule has 1 aliphatic rings. The highest BCUT2D eigenvalue weighted by molar-refractivity contribution is 5.43. The van der Waals surface area contributed by atoms with Crippen molar-refractivity contribution >= 4 is 0 Å². The van der Waals surface area contributed by atoms with Crippen LogP contribution in [-0.2, 0) is 4.74 Å². The minimum Gasteiger partial charge on any atom is -0.508 e. The molecule has 2 rings (SSSR count). The molecule has 0 radical (unpaired) electrons. The number of hydrogen-bond donors (Lipinski definition) is 6. The lowest BCUT2D eigenvalue weighted by molar-refractivity contribution is -0.277. The van der Waals surface area contributed by atoms with Crippen LogP contribution in [0.5, 0.6) is 17.2 Å². The summed E-state index contributed by atoms with van der Waals surface area (Å²) in [7, 11) is 0. The van der Waals surface area contributed by atoms with Crippen LogP contribution in [0.15, 0.2) is 18.2 Å². The van der Waals surface area contributed by atoms with Crippen LogP contribution in [0.1, 0.15) is 0 Å². The van der Waals surface area contributed by atoms with Gasteiger partial charge >= 0.3 is 0 Å². The van der Waals surface area contributed by atoms with Gasteiger partial charge in [-0.1, -0.05) is 0 Å². The van der Waals surface area contributed by atoms with Crippen molar-refractivity contribution in [3.63, 3.8) is 0 Å². The average Bonchev–Trinajstić information content (AvgIpc) is 2.42. The molecule has 20 heavy (non-hydrogen) atoms. The van der Waals surface area contributed by atoms with Crippen molar-refractivity contribution in [3.8, 4) is 17.2 Å². The SMILES string of the molecule is OC[C@H]1O[C@@H](Oc2ccc(O)cc2O)[C@H](O)[C@@H](O)[C@@H]1O. The van der Waals surface area contributed by atoms with Gasteiger partial charge in [0.15, 0.2) is 11.5 Å². The predicted molar refractivity (Wildman–Crippen MR) is 64.2 cm³/mol. The van der Waals surface area contributed by atoms with Crippen molar-refractivity contribution in [2.75, 3.05) is 6.61 Å². The second-order valence-electron chi connectivity index (χ2n) is 4.47. The van der Waals surface area contributed by atoms with Gasteiger partial charge in [0.05, 0.1) is 6.61 Å². The van der Waals surface area contributed by atoms with E-state index in [2.05, 4.69) is 0 Å². The van der Waals surface area contributed by atoms with Gasteiger partial charge in [0.2, 0.25) is 6.29 Å². The highest BCUT2D eigenvalue weighted by Gasteiger charge is 2.44. The molecular formula is C12H16O8. The average molecular weight is 288 g/mol. The Kier molecular flexibility index (Phi) is 4.31. The van der Waals surface area contributed by atoms with E-state index < -0.39 is 37.3 Å². The summed E-state index contributed by atoms with van der Waals surface area (Å²) in [5, 5.41) is 56.7. The van der Waals surface area contributed by atoms with Crippen LogP contribution in [0, 0.1) is 0 Å². The minimum atomic E-state index is -1.57. The second kappa shape index (κ2) is 5.81. The monoisotopic (exact) mass is 288 g/mol. The van der Waals surface area contributed by atoms with Gasteiger partial charge in [-0.25, -0.2) is 0 Å². The van der Waals surface area contributed by atoms with E-state index >= 15 is 0 Å². The van der Waals surface area contributed by atoms with Crippen molar-refractivity contribution < 1.29 is 40.1 Å². The molecular weight excluding hydrogens is 272 g/mol. The first-order chi connectivity index (χ1) is 9.43. The molecule has 8 heteroatoms. The summed E-state index contributed by atoms with van der Waals surface area (Å²) >= 11 is 0. The van der Waals surface area contributed by atoms with Gasteiger partial charge in [-0.15, -0.1) is 0 Å². The lowest BCUT2D eigenvalue weighted by Gasteiger charge is -2.39. The standard InChI is InChI=1S/C12H16O8/c13-4-8-9(16)10(17)11(18)12(20-8)19-7-2-1-5(14)3-6(7)15/h1-3,8-18H,4H2/t8-,9-,10+,11-,12-/m1/s1. The number of benzene rings is 1. The normalized spacial score (nSPS) is 33.9. The van der Waals surface area contributed by atoms with Gasteiger partial charge in [-0.3, -0.25) is 0 Å². The topological polar surface area (TPSA) is 140 Å². The zero-order valence-electron chi connectivity index (χ0n) is 10.3. The third-order valence-corrected chi connectivity index (χ3v) is 3.03. The Morgan fingerprint density at radius 2 is 1.75 bits per heavy atom. The maximum Gasteiger partial charge on any atom is 0.229 e. The Morgan fingerprint density at radius 1 is 1.05 bits per heavy atom. The summed E-state index contributed by atoms with van der Waals surface area (Å²) in [5.74, 6) is -0.655. The first-order valence-corrected chi connectivity index (χ1v) is 5.93. The molecule has 0 unspecified atom stereocenters. The predicted octanol–water partition coefficient (Wildman–Crippen LogP) is -1.72. The zero-order valence-corrected chi connectivity index (χ0v) is 10.3. The van der Waals surface area contributed by atoms with E-state index in [0.29, 0.717) is 0 Å². The second-order valence-corrected chi connectivity index (χ2v) is 4.47. The molecule has 6 N–H and O–H groups in total. The minimum absolute atomic E-state index is 0.0906. The smallest absolute Gasteiger partial charge is 0.229 e. The number of phenols is 2. The number of phenolic OH excluding ortho intramolecular Hbond substituents is 2. The molecule has 0 amide bonds. The van der Waals surface area contributed by atoms with Gasteiger partial charge in [-0.05, 0) is 12.1 Å². The van der Waals surface area contributed by atoms with E-state index in [1.165, 1.54) is 12.1 Å². The zero-order chi connectivity index (χ0) is 14.9. The fourth-order valence-corrected chi connectivity index (χ4v) is 1.90. The van der Waals surface area contributed by atoms with Crippen molar-refractivity contribution in [1.29, 1.82) is 0 Å². The molecule has 1 aromatic carbocycles. The van der Waals surface area contributed by atoms with Crippen molar-refractivity contribution in [3.05, 3.63) is 18.2 Å². The molecule has 0 saturated carbocycles. The first kappa shape index (κ1) is 14.8. The summed E-state index contributed by atoms with van der Waals surface area (Å²) < 4.78 is 10.3. The van der Waals surface area contributed by atoms with E-state index in [0.717, 1.165) is 6.07 Å². The third-order valence-electron chi connectivity index (χ3n) is 3.03. The Bertz CT molecular complexity index is 463. The maximum absolute atomic E-state index is 9.76. The molecule has 1 aliphatic heterocycles. The largest absolute Gasteiger partial charge is 0.508 e. The summed E-state index contributed by atoms with van der Waals surface area (Å²) in [5.41, 5.74) is 0. The number of aromatic hydroxyl groups is 2. The summed E-state index contributed by atoms with van der Waals surface area (Å²) in [6.45, 7) is -0.577. The summed E-state index contributed by atoms with van der Waals surface area (Å²) in [6, 6.07) is 3.52. The number of ether oxygens (including phenoxy) is 2. The van der Waals surface area contributed by atoms with Crippen LogP contribution in [0.25, 0.3) is 0 Å². The molecule has 1 heterocycles. The van der Waals surface area contributed by atoms with Crippen molar-refractivity contribution in [2.45, 2.75) is 30.7 Å². The molecule has 8 nitrogen and oxygen atoms in total. The van der Waals surface area contributed by atoms with Gasteiger partial charge in [0, 0.05) is 6.07 Å². The van der Waals surface area contributed by atoms with Crippen LogP contribution >= 0.6 is 0 Å². The third kappa shape index (κ3) is 2.79. The quantitative estimate of drug-likeness (QED) is 0.386. The summed E-state index contributed by atoms with van der Waals surface area (Å²) in [6.07, 6.45) is -7.10. The highest BCUT2D eigenvalue weighted by Crippen LogP contribution is 2.32. The van der Waals surface area contributed by atoms with E-state index in [-0.39, 0.29) is 17.2 Å². The van der Waals surface area contributed by atoms with E-state index in [1.807, 2.05) is 0 Å². The molecule has 0 spiro atoms. The van der Waals surface area contributed by atoms with E-state index in [1.54, 1.807) is 0 Å². The first-order valence-electron chi connectivity index (χ1n) is 5.93. The molecule has 1 saturated heterocycles. The number of aliphatic hydroxyl groups excluding tert-OH is 4. The number of rotatable bonds is 3. The fraction of sp³-hybridized carbons (Fsp3) is 0.500. The maximum atomic E-state index is 9.76. The number of aliphatic hydroxyl groups is 4. The van der Waals surface area contributed by atoms with Crippen molar-refractivity contribution in [1.82, 2.24) is 0 Å². The van der Waals surface area contributed by atoms with E-state index in [9.17, 15) is 20.4 Å². The van der Waals surface area contributed by atoms with Gasteiger partial charge in [-0.2, -0.15) is 0 Å². The Hall–Kier alpha value is -1.58. The molecule has 112 valence electrons. The lowest BCUT2D eigenvalue weighted by Crippen LogP contribution is -2.60. The molecule has 5 atom stereocenters. The molecule has 0 bridgehead atoms. The Labute approximate surface area is 114 Å². The Balaban J connectivity index is 2.15. The molecule has 1 fully saturated rings. The van der Waals surface area contributed by atoms with Crippen LogP contribution in [0.4, 0.5) is 0 Å². The Morgan fingerprint density at radius 3 is 2.35 bits per heavy atom. The van der Waals surface area contributed by atoms with Gasteiger partial charge in [0.25, 0.3) is 0 Å². The van der Waals surface area contributed by atoms with Crippen molar-refractivity contribution in [2.24, 2.45) is 0 Å². The van der Waals surface area contributed by atoms with Crippen LogP contribution < -0.4 is 4.74 Å². The highest BCUT2D eigenvalue weighted by atomic mass is 16.7.